The Morgan fingerprint density at radius 1 is 1.10 bits per heavy atom. The van der Waals surface area contributed by atoms with Crippen molar-refractivity contribution in [1.29, 1.82) is 0 Å². The number of halogens is 5. The zero-order valence-electron chi connectivity index (χ0n) is 10.1. The summed E-state index contributed by atoms with van der Waals surface area (Å²) in [7, 11) is 0. The van der Waals surface area contributed by atoms with Gasteiger partial charge in [0.05, 0.1) is 0 Å². The SMILES string of the molecule is NC(Cc1ccc(Br)cc1Cl)c1c(F)cc(F)cc1F. The Labute approximate surface area is 127 Å². The minimum Gasteiger partial charge on any atom is -0.323 e. The molecule has 0 aliphatic carbocycles. The minimum absolute atomic E-state index is 0.144. The van der Waals surface area contributed by atoms with Crippen LogP contribution in [0.25, 0.3) is 0 Å². The molecule has 0 aromatic heterocycles. The van der Waals surface area contributed by atoms with Crippen LogP contribution in [-0.4, -0.2) is 0 Å². The maximum atomic E-state index is 13.6. The molecule has 2 N–H and O–H groups in total. The Morgan fingerprint density at radius 3 is 2.25 bits per heavy atom. The normalized spacial score (nSPS) is 12.5. The monoisotopic (exact) mass is 363 g/mol. The molecule has 0 aliphatic heterocycles. The summed E-state index contributed by atoms with van der Waals surface area (Å²) in [5, 5.41) is 0.442. The van der Waals surface area contributed by atoms with E-state index in [1.54, 1.807) is 18.2 Å². The lowest BCUT2D eigenvalue weighted by molar-refractivity contribution is 0.501. The van der Waals surface area contributed by atoms with Gasteiger partial charge in [-0.2, -0.15) is 0 Å². The van der Waals surface area contributed by atoms with Gasteiger partial charge in [0.2, 0.25) is 0 Å². The number of rotatable bonds is 3. The predicted molar refractivity (Wildman–Crippen MR) is 76.1 cm³/mol. The molecule has 0 saturated carbocycles. The van der Waals surface area contributed by atoms with Crippen molar-refractivity contribution in [2.75, 3.05) is 0 Å². The van der Waals surface area contributed by atoms with E-state index in [2.05, 4.69) is 15.9 Å². The van der Waals surface area contributed by atoms with Gasteiger partial charge in [-0.25, -0.2) is 13.2 Å². The van der Waals surface area contributed by atoms with Crippen LogP contribution in [0.4, 0.5) is 13.2 Å². The topological polar surface area (TPSA) is 26.0 Å². The van der Waals surface area contributed by atoms with Crippen LogP contribution in [0.1, 0.15) is 17.2 Å². The molecule has 20 heavy (non-hydrogen) atoms. The minimum atomic E-state index is -0.997. The second-order valence-corrected chi connectivity index (χ2v) is 5.65. The molecule has 106 valence electrons. The fraction of sp³-hybridized carbons (Fsp3) is 0.143. The molecule has 0 spiro atoms. The highest BCUT2D eigenvalue weighted by Gasteiger charge is 2.19. The Morgan fingerprint density at radius 2 is 1.70 bits per heavy atom. The quantitative estimate of drug-likeness (QED) is 0.835. The average molecular weight is 365 g/mol. The van der Waals surface area contributed by atoms with Crippen molar-refractivity contribution in [2.24, 2.45) is 5.73 Å². The molecule has 0 radical (unpaired) electrons. The summed E-state index contributed by atoms with van der Waals surface area (Å²) >= 11 is 9.29. The van der Waals surface area contributed by atoms with E-state index in [4.69, 9.17) is 17.3 Å². The van der Waals surface area contributed by atoms with Gasteiger partial charge >= 0.3 is 0 Å². The average Bonchev–Trinajstić information content (AvgIpc) is 2.31. The third-order valence-electron chi connectivity index (χ3n) is 2.87. The number of benzene rings is 2. The van der Waals surface area contributed by atoms with Crippen LogP contribution in [0, 0.1) is 17.5 Å². The summed E-state index contributed by atoms with van der Waals surface area (Å²) in [5.74, 6) is -2.97. The highest BCUT2D eigenvalue weighted by molar-refractivity contribution is 9.10. The standard InChI is InChI=1S/C14H10BrClF3N/c15-8-2-1-7(10(16)4-8)3-13(20)14-11(18)5-9(17)6-12(14)19/h1-2,4-6,13H,3,20H2. The largest absolute Gasteiger partial charge is 0.323 e. The summed E-state index contributed by atoms with van der Waals surface area (Å²) in [6.45, 7) is 0. The van der Waals surface area contributed by atoms with Crippen LogP contribution in [0.15, 0.2) is 34.8 Å². The molecule has 0 amide bonds. The van der Waals surface area contributed by atoms with Crippen molar-refractivity contribution in [3.63, 3.8) is 0 Å². The van der Waals surface area contributed by atoms with E-state index in [0.29, 0.717) is 22.7 Å². The predicted octanol–water partition coefficient (Wildman–Crippen LogP) is 4.76. The summed E-state index contributed by atoms with van der Waals surface area (Å²) in [6, 6.07) is 5.41. The van der Waals surface area contributed by atoms with Gasteiger partial charge in [-0.3, -0.25) is 0 Å². The molecule has 1 atom stereocenters. The zero-order chi connectivity index (χ0) is 14.9. The lowest BCUT2D eigenvalue weighted by Crippen LogP contribution is -2.17. The first-order valence-electron chi connectivity index (χ1n) is 5.72. The van der Waals surface area contributed by atoms with Crippen molar-refractivity contribution in [2.45, 2.75) is 12.5 Å². The van der Waals surface area contributed by atoms with E-state index < -0.39 is 23.5 Å². The molecule has 2 rings (SSSR count). The van der Waals surface area contributed by atoms with E-state index in [0.717, 1.165) is 4.47 Å². The van der Waals surface area contributed by atoms with E-state index in [1.807, 2.05) is 0 Å². The van der Waals surface area contributed by atoms with Crippen LogP contribution < -0.4 is 5.73 Å². The first-order valence-corrected chi connectivity index (χ1v) is 6.89. The van der Waals surface area contributed by atoms with E-state index in [9.17, 15) is 13.2 Å². The van der Waals surface area contributed by atoms with E-state index in [-0.39, 0.29) is 12.0 Å². The van der Waals surface area contributed by atoms with Gasteiger partial charge < -0.3 is 5.73 Å². The van der Waals surface area contributed by atoms with Crippen LogP contribution in [0.3, 0.4) is 0 Å². The summed E-state index contributed by atoms with van der Waals surface area (Å²) in [5.41, 5.74) is 6.13. The molecule has 1 unspecified atom stereocenters. The Balaban J connectivity index is 2.31. The molecule has 1 nitrogen and oxygen atoms in total. The van der Waals surface area contributed by atoms with Crippen molar-refractivity contribution in [3.8, 4) is 0 Å². The van der Waals surface area contributed by atoms with Crippen molar-refractivity contribution in [1.82, 2.24) is 0 Å². The second-order valence-electron chi connectivity index (χ2n) is 4.33. The van der Waals surface area contributed by atoms with Crippen molar-refractivity contribution < 1.29 is 13.2 Å². The first-order chi connectivity index (χ1) is 9.38. The smallest absolute Gasteiger partial charge is 0.133 e. The summed E-state index contributed by atoms with van der Waals surface area (Å²) < 4.78 is 40.9. The van der Waals surface area contributed by atoms with Gasteiger partial charge in [0.15, 0.2) is 0 Å². The maximum absolute atomic E-state index is 13.6. The highest BCUT2D eigenvalue weighted by atomic mass is 79.9. The molecular formula is C14H10BrClF3N. The third kappa shape index (κ3) is 3.34. The van der Waals surface area contributed by atoms with Gasteiger partial charge in [0.25, 0.3) is 0 Å². The Hall–Kier alpha value is -1.04. The molecule has 2 aromatic carbocycles. The molecule has 0 aliphatic rings. The van der Waals surface area contributed by atoms with E-state index >= 15 is 0 Å². The van der Waals surface area contributed by atoms with Gasteiger partial charge in [-0.05, 0) is 24.1 Å². The number of hydrogen-bond donors (Lipinski definition) is 1. The summed E-state index contributed by atoms with van der Waals surface area (Å²) in [4.78, 5) is 0. The highest BCUT2D eigenvalue weighted by Crippen LogP contribution is 2.28. The molecule has 2 aromatic rings. The first kappa shape index (κ1) is 15.4. The molecule has 0 heterocycles. The van der Waals surface area contributed by atoms with Gasteiger partial charge in [-0.15, -0.1) is 0 Å². The van der Waals surface area contributed by atoms with E-state index in [1.165, 1.54) is 0 Å². The van der Waals surface area contributed by atoms with Crippen molar-refractivity contribution in [3.05, 3.63) is 68.4 Å². The lowest BCUT2D eigenvalue weighted by Gasteiger charge is -2.15. The van der Waals surface area contributed by atoms with Gasteiger partial charge in [0, 0.05) is 33.2 Å². The lowest BCUT2D eigenvalue weighted by atomic mass is 9.98. The van der Waals surface area contributed by atoms with Crippen LogP contribution in [0.2, 0.25) is 5.02 Å². The van der Waals surface area contributed by atoms with Gasteiger partial charge in [-0.1, -0.05) is 33.6 Å². The molecular weight excluding hydrogens is 355 g/mol. The van der Waals surface area contributed by atoms with Crippen LogP contribution in [0.5, 0.6) is 0 Å². The molecule has 0 bridgehead atoms. The fourth-order valence-electron chi connectivity index (χ4n) is 1.93. The van der Waals surface area contributed by atoms with Crippen molar-refractivity contribution >= 4 is 27.5 Å². The Bertz CT molecular complexity index is 625. The number of hydrogen-bond acceptors (Lipinski definition) is 1. The zero-order valence-corrected chi connectivity index (χ0v) is 12.5. The van der Waals surface area contributed by atoms with Gasteiger partial charge in [0.1, 0.15) is 17.5 Å². The van der Waals surface area contributed by atoms with Crippen LogP contribution >= 0.6 is 27.5 Å². The molecule has 0 saturated heterocycles. The molecule has 6 heteroatoms. The maximum Gasteiger partial charge on any atom is 0.133 e. The fourth-order valence-corrected chi connectivity index (χ4v) is 2.68. The summed E-state index contributed by atoms with van der Waals surface area (Å²) in [6.07, 6.45) is 0.144. The third-order valence-corrected chi connectivity index (χ3v) is 3.71. The van der Waals surface area contributed by atoms with Crippen LogP contribution in [-0.2, 0) is 6.42 Å². The Kier molecular flexibility index (Phi) is 4.73. The molecule has 0 fully saturated rings. The number of nitrogens with two attached hydrogens (primary N) is 1. The second kappa shape index (κ2) is 6.16.